The van der Waals surface area contributed by atoms with Crippen LogP contribution in [0, 0.1) is 0 Å². The monoisotopic (exact) mass is 397 g/mol. The van der Waals surface area contributed by atoms with Crippen molar-refractivity contribution in [2.45, 2.75) is 38.8 Å². The van der Waals surface area contributed by atoms with E-state index in [4.69, 9.17) is 0 Å². The first-order valence-corrected chi connectivity index (χ1v) is 9.81. The number of para-hydroxylation sites is 1. The molecule has 3 rings (SSSR count). The molecule has 1 aliphatic heterocycles. The van der Waals surface area contributed by atoms with Gasteiger partial charge in [0.15, 0.2) is 0 Å². The Labute approximate surface area is 170 Å². The number of nitrogens with zero attached hydrogens (tertiary/aromatic N) is 4. The van der Waals surface area contributed by atoms with Gasteiger partial charge < -0.3 is 15.1 Å². The fraction of sp³-hybridized carbons (Fsp3) is 0.429. The van der Waals surface area contributed by atoms with Crippen LogP contribution in [0.5, 0.6) is 0 Å². The van der Waals surface area contributed by atoms with E-state index in [1.54, 1.807) is 29.2 Å². The fourth-order valence-corrected chi connectivity index (χ4v) is 3.45. The third-order valence-corrected chi connectivity index (χ3v) is 5.16. The molecule has 2 heterocycles. The van der Waals surface area contributed by atoms with Gasteiger partial charge in [-0.15, -0.1) is 0 Å². The minimum Gasteiger partial charge on any atom is -0.376 e. The molecule has 29 heavy (non-hydrogen) atoms. The standard InChI is InChI=1S/C21H27N5O3/c1-15-8-6-7-11-25(15)21(29)17-9-4-5-10-18(17)23-19(27)14-26-20(28)12-16(13-22-26)24(2)3/h4-5,9-10,12-13,15H,6-8,11,14H2,1-3H3,(H,23,27)/t15-/m0/s1. The number of carbonyl (C=O) groups excluding carboxylic acids is 2. The maximum Gasteiger partial charge on any atom is 0.269 e. The third-order valence-electron chi connectivity index (χ3n) is 5.16. The second-order valence-corrected chi connectivity index (χ2v) is 7.54. The second kappa shape index (κ2) is 8.89. The van der Waals surface area contributed by atoms with E-state index in [9.17, 15) is 14.4 Å². The van der Waals surface area contributed by atoms with E-state index in [0.29, 0.717) is 16.9 Å². The van der Waals surface area contributed by atoms with Crippen LogP contribution >= 0.6 is 0 Å². The molecule has 0 bridgehead atoms. The number of hydrogen-bond acceptors (Lipinski definition) is 5. The largest absolute Gasteiger partial charge is 0.376 e. The van der Waals surface area contributed by atoms with Gasteiger partial charge in [-0.1, -0.05) is 12.1 Å². The third kappa shape index (κ3) is 4.82. The lowest BCUT2D eigenvalue weighted by atomic mass is 10.0. The zero-order chi connectivity index (χ0) is 21.0. The molecule has 1 saturated heterocycles. The molecule has 1 N–H and O–H groups in total. The number of hydrogen-bond donors (Lipinski definition) is 1. The number of nitrogens with one attached hydrogen (secondary N) is 1. The maximum absolute atomic E-state index is 13.0. The van der Waals surface area contributed by atoms with E-state index >= 15 is 0 Å². The smallest absolute Gasteiger partial charge is 0.269 e. The van der Waals surface area contributed by atoms with Crippen molar-refractivity contribution in [3.63, 3.8) is 0 Å². The summed E-state index contributed by atoms with van der Waals surface area (Å²) in [5, 5.41) is 6.81. The summed E-state index contributed by atoms with van der Waals surface area (Å²) in [5.41, 5.74) is 1.20. The summed E-state index contributed by atoms with van der Waals surface area (Å²) in [7, 11) is 3.62. The number of amides is 2. The van der Waals surface area contributed by atoms with E-state index in [2.05, 4.69) is 10.4 Å². The molecule has 1 fully saturated rings. The van der Waals surface area contributed by atoms with Crippen LogP contribution in [0.2, 0.25) is 0 Å². The van der Waals surface area contributed by atoms with Crippen molar-refractivity contribution in [1.29, 1.82) is 0 Å². The van der Waals surface area contributed by atoms with Crippen LogP contribution in [-0.4, -0.2) is 53.2 Å². The fourth-order valence-electron chi connectivity index (χ4n) is 3.45. The van der Waals surface area contributed by atoms with Gasteiger partial charge in [-0.3, -0.25) is 14.4 Å². The van der Waals surface area contributed by atoms with Gasteiger partial charge in [0, 0.05) is 32.7 Å². The highest BCUT2D eigenvalue weighted by Gasteiger charge is 2.26. The summed E-state index contributed by atoms with van der Waals surface area (Å²) in [6.45, 7) is 2.54. The molecule has 1 aromatic heterocycles. The molecule has 0 spiro atoms. The lowest BCUT2D eigenvalue weighted by molar-refractivity contribution is -0.117. The van der Waals surface area contributed by atoms with E-state index in [-0.39, 0.29) is 24.1 Å². The predicted molar refractivity (Wildman–Crippen MR) is 112 cm³/mol. The Morgan fingerprint density at radius 3 is 2.69 bits per heavy atom. The lowest BCUT2D eigenvalue weighted by Gasteiger charge is -2.33. The first kappa shape index (κ1) is 20.6. The molecule has 2 amide bonds. The SMILES string of the molecule is C[C@H]1CCCCN1C(=O)c1ccccc1NC(=O)Cn1ncc(N(C)C)cc1=O. The van der Waals surface area contributed by atoms with Crippen molar-refractivity contribution in [3.8, 4) is 0 Å². The quantitative estimate of drug-likeness (QED) is 0.833. The van der Waals surface area contributed by atoms with E-state index in [0.717, 1.165) is 30.5 Å². The molecular formula is C21H27N5O3. The highest BCUT2D eigenvalue weighted by atomic mass is 16.2. The van der Waals surface area contributed by atoms with Gasteiger partial charge in [0.1, 0.15) is 6.54 Å². The first-order valence-electron chi connectivity index (χ1n) is 9.81. The highest BCUT2D eigenvalue weighted by Crippen LogP contribution is 2.23. The molecule has 0 radical (unpaired) electrons. The summed E-state index contributed by atoms with van der Waals surface area (Å²) in [5.74, 6) is -0.497. The molecule has 8 nitrogen and oxygen atoms in total. The summed E-state index contributed by atoms with van der Waals surface area (Å²) in [4.78, 5) is 41.4. The van der Waals surface area contributed by atoms with Crippen LogP contribution in [0.1, 0.15) is 36.5 Å². The molecule has 8 heteroatoms. The summed E-state index contributed by atoms with van der Waals surface area (Å²) in [6.07, 6.45) is 4.63. The summed E-state index contributed by atoms with van der Waals surface area (Å²) >= 11 is 0. The molecule has 1 atom stereocenters. The Bertz CT molecular complexity index is 953. The molecule has 0 aliphatic carbocycles. The zero-order valence-electron chi connectivity index (χ0n) is 17.1. The number of anilines is 2. The molecular weight excluding hydrogens is 370 g/mol. The van der Waals surface area contributed by atoms with Gasteiger partial charge in [0.05, 0.1) is 23.1 Å². The van der Waals surface area contributed by atoms with Gasteiger partial charge >= 0.3 is 0 Å². The van der Waals surface area contributed by atoms with Gasteiger partial charge in [-0.05, 0) is 38.3 Å². The molecule has 0 saturated carbocycles. The van der Waals surface area contributed by atoms with Crippen LogP contribution < -0.4 is 15.8 Å². The summed E-state index contributed by atoms with van der Waals surface area (Å²) < 4.78 is 1.10. The number of carbonyl (C=O) groups is 2. The number of benzene rings is 1. The van der Waals surface area contributed by atoms with Gasteiger partial charge in [-0.2, -0.15) is 5.10 Å². The van der Waals surface area contributed by atoms with Gasteiger partial charge in [0.25, 0.3) is 11.5 Å². The van der Waals surface area contributed by atoms with Gasteiger partial charge in [0.2, 0.25) is 5.91 Å². The Morgan fingerprint density at radius 1 is 1.24 bits per heavy atom. The van der Waals surface area contributed by atoms with E-state index < -0.39 is 5.91 Å². The Morgan fingerprint density at radius 2 is 2.00 bits per heavy atom. The molecule has 1 aliphatic rings. The minimum atomic E-state index is -0.413. The minimum absolute atomic E-state index is 0.0845. The average Bonchev–Trinajstić information content (AvgIpc) is 2.69. The van der Waals surface area contributed by atoms with Crippen molar-refractivity contribution in [3.05, 3.63) is 52.4 Å². The van der Waals surface area contributed by atoms with Crippen LogP contribution in [0.3, 0.4) is 0 Å². The Hall–Kier alpha value is -3.16. The summed E-state index contributed by atoms with van der Waals surface area (Å²) in [6, 6.07) is 8.57. The molecule has 1 aromatic carbocycles. The van der Waals surface area contributed by atoms with Crippen molar-refractivity contribution in [2.75, 3.05) is 30.9 Å². The molecule has 0 unspecified atom stereocenters. The number of rotatable bonds is 5. The zero-order valence-corrected chi connectivity index (χ0v) is 17.1. The van der Waals surface area contributed by atoms with Crippen LogP contribution in [0.4, 0.5) is 11.4 Å². The molecule has 2 aromatic rings. The Kier molecular flexibility index (Phi) is 6.31. The number of likely N-dealkylation sites (tertiary alicyclic amines) is 1. The first-order chi connectivity index (χ1) is 13.9. The van der Waals surface area contributed by atoms with Crippen LogP contribution in [0.15, 0.2) is 41.3 Å². The van der Waals surface area contributed by atoms with Gasteiger partial charge in [-0.25, -0.2) is 4.68 Å². The van der Waals surface area contributed by atoms with Crippen molar-refractivity contribution in [2.24, 2.45) is 0 Å². The highest BCUT2D eigenvalue weighted by molar-refractivity contribution is 6.03. The van der Waals surface area contributed by atoms with E-state index in [1.165, 1.54) is 12.3 Å². The van der Waals surface area contributed by atoms with Crippen molar-refractivity contribution in [1.82, 2.24) is 14.7 Å². The van der Waals surface area contributed by atoms with Crippen molar-refractivity contribution < 1.29 is 9.59 Å². The Balaban J connectivity index is 1.74. The normalized spacial score (nSPS) is 16.4. The number of aromatic nitrogens is 2. The predicted octanol–water partition coefficient (Wildman–Crippen LogP) is 1.96. The topological polar surface area (TPSA) is 87.5 Å². The van der Waals surface area contributed by atoms with Crippen molar-refractivity contribution >= 4 is 23.2 Å². The second-order valence-electron chi connectivity index (χ2n) is 7.54. The number of piperidine rings is 1. The van der Waals surface area contributed by atoms with Crippen LogP contribution in [-0.2, 0) is 11.3 Å². The maximum atomic E-state index is 13.0. The van der Waals surface area contributed by atoms with Crippen LogP contribution in [0.25, 0.3) is 0 Å². The lowest BCUT2D eigenvalue weighted by Crippen LogP contribution is -2.42. The average molecular weight is 397 g/mol. The molecule has 154 valence electrons. The van der Waals surface area contributed by atoms with E-state index in [1.807, 2.05) is 25.9 Å².